The van der Waals surface area contributed by atoms with Crippen molar-refractivity contribution in [3.05, 3.63) is 59.7 Å². The molecule has 2 aromatic rings. The molecule has 0 bridgehead atoms. The summed E-state index contributed by atoms with van der Waals surface area (Å²) in [6, 6.07) is 9.55. The number of benzene rings is 2. The summed E-state index contributed by atoms with van der Waals surface area (Å²) in [5, 5.41) is 0. The van der Waals surface area contributed by atoms with Gasteiger partial charge in [0.05, 0.1) is 0 Å². The van der Waals surface area contributed by atoms with E-state index in [4.69, 9.17) is 0 Å². The Kier molecular flexibility index (Phi) is 4.20. The van der Waals surface area contributed by atoms with E-state index < -0.39 is 32.6 Å². The molecule has 0 aromatic heterocycles. The number of rotatable bonds is 3. The summed E-state index contributed by atoms with van der Waals surface area (Å²) in [4.78, 5) is 0.477. The molecule has 0 spiro atoms. The zero-order valence-electron chi connectivity index (χ0n) is 11.4. The highest BCUT2D eigenvalue weighted by Gasteiger charge is 2.27. The van der Waals surface area contributed by atoms with Crippen LogP contribution in [0.25, 0.3) is 0 Å². The lowest BCUT2D eigenvalue weighted by Gasteiger charge is -2.25. The fourth-order valence-corrected chi connectivity index (χ4v) is 4.84. The standard InChI is InChI=1S/C15H13F2NO2S2/c16-10-5-6-15(12(17)9-10)22(19,20)18-13-7-8-21-14-4-2-1-3-11(13)14/h1-6,9,13,18H,7-8H2/t13-/m0/s1. The Morgan fingerprint density at radius 3 is 2.68 bits per heavy atom. The molecule has 22 heavy (non-hydrogen) atoms. The Morgan fingerprint density at radius 2 is 1.91 bits per heavy atom. The third-order valence-electron chi connectivity index (χ3n) is 3.44. The van der Waals surface area contributed by atoms with Crippen molar-refractivity contribution < 1.29 is 17.2 Å². The minimum atomic E-state index is -4.05. The van der Waals surface area contributed by atoms with Crippen molar-refractivity contribution in [3.63, 3.8) is 0 Å². The maximum Gasteiger partial charge on any atom is 0.244 e. The molecule has 116 valence electrons. The van der Waals surface area contributed by atoms with Gasteiger partial charge in [-0.15, -0.1) is 11.8 Å². The van der Waals surface area contributed by atoms with E-state index in [0.29, 0.717) is 12.5 Å². The summed E-state index contributed by atoms with van der Waals surface area (Å²) in [6.07, 6.45) is 0.615. The Balaban J connectivity index is 1.93. The van der Waals surface area contributed by atoms with Crippen molar-refractivity contribution in [2.24, 2.45) is 0 Å². The summed E-state index contributed by atoms with van der Waals surface area (Å²) in [5.74, 6) is -1.13. The molecule has 0 amide bonds. The number of thioether (sulfide) groups is 1. The first-order valence-corrected chi connectivity index (χ1v) is 9.13. The second kappa shape index (κ2) is 5.98. The maximum absolute atomic E-state index is 13.7. The first-order chi connectivity index (χ1) is 10.5. The monoisotopic (exact) mass is 341 g/mol. The zero-order valence-corrected chi connectivity index (χ0v) is 13.1. The fourth-order valence-electron chi connectivity index (χ4n) is 2.41. The molecule has 0 fully saturated rings. The number of hydrogen-bond donors (Lipinski definition) is 1. The molecule has 2 aromatic carbocycles. The van der Waals surface area contributed by atoms with Crippen LogP contribution >= 0.6 is 11.8 Å². The molecule has 1 N–H and O–H groups in total. The van der Waals surface area contributed by atoms with Gasteiger partial charge in [-0.25, -0.2) is 21.9 Å². The molecule has 0 unspecified atom stereocenters. The number of nitrogens with one attached hydrogen (secondary N) is 1. The molecular formula is C15H13F2NO2S2. The summed E-state index contributed by atoms with van der Waals surface area (Å²) in [7, 11) is -4.05. The molecule has 0 radical (unpaired) electrons. The predicted octanol–water partition coefficient (Wildman–Crippen LogP) is 3.48. The maximum atomic E-state index is 13.7. The van der Waals surface area contributed by atoms with Gasteiger partial charge in [0.25, 0.3) is 0 Å². The van der Waals surface area contributed by atoms with Crippen molar-refractivity contribution >= 4 is 21.8 Å². The van der Waals surface area contributed by atoms with E-state index in [0.717, 1.165) is 28.3 Å². The summed E-state index contributed by atoms with van der Waals surface area (Å²) in [6.45, 7) is 0. The molecule has 0 saturated heterocycles. The summed E-state index contributed by atoms with van der Waals surface area (Å²) >= 11 is 1.66. The van der Waals surface area contributed by atoms with Crippen LogP contribution in [0.2, 0.25) is 0 Å². The molecule has 3 rings (SSSR count). The van der Waals surface area contributed by atoms with Crippen LogP contribution in [-0.4, -0.2) is 14.2 Å². The topological polar surface area (TPSA) is 46.2 Å². The first-order valence-electron chi connectivity index (χ1n) is 6.66. The van der Waals surface area contributed by atoms with Crippen molar-refractivity contribution in [1.29, 1.82) is 0 Å². The minimum Gasteiger partial charge on any atom is -0.207 e. The molecule has 0 saturated carbocycles. The van der Waals surface area contributed by atoms with Gasteiger partial charge in [0.2, 0.25) is 10.0 Å². The van der Waals surface area contributed by atoms with E-state index in [1.54, 1.807) is 11.8 Å². The van der Waals surface area contributed by atoms with Crippen LogP contribution in [-0.2, 0) is 10.0 Å². The second-order valence-corrected chi connectivity index (χ2v) is 7.74. The molecule has 0 aliphatic carbocycles. The van der Waals surface area contributed by atoms with E-state index in [9.17, 15) is 17.2 Å². The molecule has 7 heteroatoms. The van der Waals surface area contributed by atoms with Crippen LogP contribution in [0, 0.1) is 11.6 Å². The highest BCUT2D eigenvalue weighted by molar-refractivity contribution is 7.99. The Morgan fingerprint density at radius 1 is 1.14 bits per heavy atom. The quantitative estimate of drug-likeness (QED) is 0.930. The smallest absolute Gasteiger partial charge is 0.207 e. The predicted molar refractivity (Wildman–Crippen MR) is 81.2 cm³/mol. The number of fused-ring (bicyclic) bond motifs is 1. The number of hydrogen-bond acceptors (Lipinski definition) is 3. The van der Waals surface area contributed by atoms with Gasteiger partial charge in [-0.1, -0.05) is 18.2 Å². The van der Waals surface area contributed by atoms with Crippen LogP contribution in [0.5, 0.6) is 0 Å². The van der Waals surface area contributed by atoms with Crippen LogP contribution in [0.4, 0.5) is 8.78 Å². The van der Waals surface area contributed by atoms with E-state index in [2.05, 4.69) is 4.72 Å². The molecule has 1 atom stereocenters. The van der Waals surface area contributed by atoms with Crippen LogP contribution in [0.15, 0.2) is 52.3 Å². The van der Waals surface area contributed by atoms with Gasteiger partial charge in [-0.3, -0.25) is 0 Å². The highest BCUT2D eigenvalue weighted by Crippen LogP contribution is 2.36. The first kappa shape index (κ1) is 15.5. The van der Waals surface area contributed by atoms with E-state index >= 15 is 0 Å². The lowest BCUT2D eigenvalue weighted by atomic mass is 10.1. The number of sulfonamides is 1. The van der Waals surface area contributed by atoms with E-state index in [1.807, 2.05) is 24.3 Å². The van der Waals surface area contributed by atoms with Crippen molar-refractivity contribution in [3.8, 4) is 0 Å². The Labute approximate surface area is 131 Å². The van der Waals surface area contributed by atoms with E-state index in [1.165, 1.54) is 0 Å². The normalized spacial score (nSPS) is 18.0. The summed E-state index contributed by atoms with van der Waals surface area (Å²) in [5.41, 5.74) is 0.879. The van der Waals surface area contributed by atoms with Gasteiger partial charge < -0.3 is 0 Å². The van der Waals surface area contributed by atoms with Crippen molar-refractivity contribution in [1.82, 2.24) is 4.72 Å². The largest absolute Gasteiger partial charge is 0.244 e. The highest BCUT2D eigenvalue weighted by atomic mass is 32.2. The van der Waals surface area contributed by atoms with Crippen LogP contribution < -0.4 is 4.72 Å². The molecule has 3 nitrogen and oxygen atoms in total. The van der Waals surface area contributed by atoms with Crippen molar-refractivity contribution in [2.45, 2.75) is 22.3 Å². The van der Waals surface area contributed by atoms with Gasteiger partial charge in [0, 0.05) is 17.0 Å². The number of halogens is 2. The molecule has 1 aliphatic heterocycles. The van der Waals surface area contributed by atoms with Gasteiger partial charge in [-0.05, 0) is 35.9 Å². The lowest BCUT2D eigenvalue weighted by molar-refractivity contribution is 0.526. The average molecular weight is 341 g/mol. The van der Waals surface area contributed by atoms with Gasteiger partial charge in [0.15, 0.2) is 0 Å². The van der Waals surface area contributed by atoms with Gasteiger partial charge in [-0.2, -0.15) is 0 Å². The van der Waals surface area contributed by atoms with Gasteiger partial charge >= 0.3 is 0 Å². The van der Waals surface area contributed by atoms with Crippen LogP contribution in [0.3, 0.4) is 0 Å². The minimum absolute atomic E-state index is 0.410. The third kappa shape index (κ3) is 3.02. The van der Waals surface area contributed by atoms with Gasteiger partial charge in [0.1, 0.15) is 16.5 Å². The fraction of sp³-hybridized carbons (Fsp3) is 0.200. The average Bonchev–Trinajstić information content (AvgIpc) is 2.47. The molecular weight excluding hydrogens is 328 g/mol. The second-order valence-electron chi connectivity index (χ2n) is 4.92. The molecule has 1 aliphatic rings. The zero-order chi connectivity index (χ0) is 15.7. The third-order valence-corrected chi connectivity index (χ3v) is 6.07. The lowest BCUT2D eigenvalue weighted by Crippen LogP contribution is -2.31. The Hall–Kier alpha value is -1.44. The summed E-state index contributed by atoms with van der Waals surface area (Å²) < 4.78 is 53.9. The van der Waals surface area contributed by atoms with E-state index in [-0.39, 0.29) is 0 Å². The SMILES string of the molecule is O=S(=O)(N[C@H]1CCSc2ccccc21)c1ccc(F)cc1F. The van der Waals surface area contributed by atoms with Crippen molar-refractivity contribution in [2.75, 3.05) is 5.75 Å². The Bertz CT molecular complexity index is 809. The molecule has 1 heterocycles. The van der Waals surface area contributed by atoms with Crippen LogP contribution in [0.1, 0.15) is 18.0 Å².